The molecule has 2 atom stereocenters. The first kappa shape index (κ1) is 11.3. The van der Waals surface area contributed by atoms with Crippen molar-refractivity contribution >= 4 is 0 Å². The van der Waals surface area contributed by atoms with Crippen LogP contribution in [0.15, 0.2) is 0 Å². The number of aliphatic hydroxyl groups is 2. The molecule has 0 aromatic carbocycles. The van der Waals surface area contributed by atoms with Crippen molar-refractivity contribution in [3.63, 3.8) is 0 Å². The van der Waals surface area contributed by atoms with E-state index in [0.717, 1.165) is 38.9 Å². The summed E-state index contributed by atoms with van der Waals surface area (Å²) >= 11 is 0. The van der Waals surface area contributed by atoms with Crippen molar-refractivity contribution in [2.45, 2.75) is 24.9 Å². The predicted octanol–water partition coefficient (Wildman–Crippen LogP) is -0.585. The third-order valence-electron chi connectivity index (χ3n) is 4.20. The van der Waals surface area contributed by atoms with Gasteiger partial charge in [0.1, 0.15) is 0 Å². The Kier molecular flexibility index (Phi) is 3.03. The lowest BCUT2D eigenvalue weighted by Gasteiger charge is -2.46. The van der Waals surface area contributed by atoms with Crippen LogP contribution >= 0.6 is 0 Å². The monoisotopic (exact) mass is 214 g/mol. The van der Waals surface area contributed by atoms with E-state index in [1.165, 1.54) is 0 Å². The van der Waals surface area contributed by atoms with Crippen LogP contribution in [0.4, 0.5) is 0 Å². The molecule has 2 fully saturated rings. The molecule has 0 bridgehead atoms. The van der Waals surface area contributed by atoms with Gasteiger partial charge in [-0.25, -0.2) is 0 Å². The molecular weight excluding hydrogens is 192 g/mol. The van der Waals surface area contributed by atoms with Gasteiger partial charge in [0, 0.05) is 25.0 Å². The van der Waals surface area contributed by atoms with E-state index in [1.807, 2.05) is 7.05 Å². The molecule has 2 unspecified atom stereocenters. The van der Waals surface area contributed by atoms with Crippen LogP contribution in [0.2, 0.25) is 0 Å². The summed E-state index contributed by atoms with van der Waals surface area (Å²) in [6, 6.07) is 0. The minimum absolute atomic E-state index is 0.0876. The van der Waals surface area contributed by atoms with Gasteiger partial charge in [-0.15, -0.1) is 0 Å². The summed E-state index contributed by atoms with van der Waals surface area (Å²) in [6.45, 7) is 3.46. The lowest BCUT2D eigenvalue weighted by molar-refractivity contribution is -0.111. The van der Waals surface area contributed by atoms with Crippen LogP contribution in [0.3, 0.4) is 0 Å². The number of β-amino-alcohol motifs (C(OH)–C–C–N with tert-alkyl or cyclic N) is 1. The summed E-state index contributed by atoms with van der Waals surface area (Å²) < 4.78 is 0. The number of aliphatic hydroxyl groups excluding tert-OH is 1. The maximum absolute atomic E-state index is 10.7. The zero-order valence-electron chi connectivity index (χ0n) is 9.50. The lowest BCUT2D eigenvalue weighted by atomic mass is 9.67. The quantitative estimate of drug-likeness (QED) is 0.575. The molecule has 4 heteroatoms. The summed E-state index contributed by atoms with van der Waals surface area (Å²) in [5, 5.41) is 23.6. The fourth-order valence-corrected chi connectivity index (χ4v) is 3.06. The molecule has 2 saturated heterocycles. The second-order valence-electron chi connectivity index (χ2n) is 5.24. The molecule has 0 spiro atoms. The molecule has 15 heavy (non-hydrogen) atoms. The Morgan fingerprint density at radius 1 is 1.40 bits per heavy atom. The maximum atomic E-state index is 10.7. The second-order valence-corrected chi connectivity index (χ2v) is 5.24. The average Bonchev–Trinajstić information content (AvgIpc) is 2.61. The molecule has 2 aliphatic heterocycles. The Morgan fingerprint density at radius 2 is 2.20 bits per heavy atom. The highest BCUT2D eigenvalue weighted by Crippen LogP contribution is 2.42. The number of nitrogens with one attached hydrogen (secondary N) is 1. The topological polar surface area (TPSA) is 55.7 Å². The first-order valence-electron chi connectivity index (χ1n) is 5.84. The second kappa shape index (κ2) is 4.01. The molecule has 88 valence electrons. The van der Waals surface area contributed by atoms with Crippen molar-refractivity contribution in [3.05, 3.63) is 0 Å². The third-order valence-corrected chi connectivity index (χ3v) is 4.20. The van der Waals surface area contributed by atoms with Crippen molar-refractivity contribution in [3.8, 4) is 0 Å². The standard InChI is InChI=1S/C11H22N2O2/c1-13-6-4-11(15,8-13)10(9-14)3-2-5-12-7-10/h12,14-15H,2-9H2,1H3. The van der Waals surface area contributed by atoms with Gasteiger partial charge in [0.15, 0.2) is 0 Å². The van der Waals surface area contributed by atoms with Crippen LogP contribution in [0.5, 0.6) is 0 Å². The number of likely N-dealkylation sites (N-methyl/N-ethyl adjacent to an activating group) is 1. The van der Waals surface area contributed by atoms with E-state index in [4.69, 9.17) is 0 Å². The molecule has 0 radical (unpaired) electrons. The van der Waals surface area contributed by atoms with Gasteiger partial charge in [-0.3, -0.25) is 0 Å². The van der Waals surface area contributed by atoms with Crippen molar-refractivity contribution in [2.75, 3.05) is 39.8 Å². The maximum Gasteiger partial charge on any atom is 0.0876 e. The minimum Gasteiger partial charge on any atom is -0.396 e. The van der Waals surface area contributed by atoms with Crippen molar-refractivity contribution in [1.29, 1.82) is 0 Å². The lowest BCUT2D eigenvalue weighted by Crippen LogP contribution is -2.59. The first-order chi connectivity index (χ1) is 7.12. The first-order valence-corrected chi connectivity index (χ1v) is 5.84. The molecule has 2 rings (SSSR count). The smallest absolute Gasteiger partial charge is 0.0876 e. The van der Waals surface area contributed by atoms with E-state index in [-0.39, 0.29) is 12.0 Å². The van der Waals surface area contributed by atoms with Crippen LogP contribution in [0.25, 0.3) is 0 Å². The number of likely N-dealkylation sites (tertiary alicyclic amines) is 1. The van der Waals surface area contributed by atoms with Crippen LogP contribution in [-0.2, 0) is 0 Å². The fourth-order valence-electron chi connectivity index (χ4n) is 3.06. The summed E-state index contributed by atoms with van der Waals surface area (Å²) in [6.07, 6.45) is 2.76. The Labute approximate surface area is 91.3 Å². The summed E-state index contributed by atoms with van der Waals surface area (Å²) in [5.41, 5.74) is -1.03. The van der Waals surface area contributed by atoms with E-state index in [2.05, 4.69) is 10.2 Å². The minimum atomic E-state index is -0.704. The predicted molar refractivity (Wildman–Crippen MR) is 58.7 cm³/mol. The normalized spacial score (nSPS) is 43.4. The van der Waals surface area contributed by atoms with Crippen molar-refractivity contribution < 1.29 is 10.2 Å². The van der Waals surface area contributed by atoms with Crippen LogP contribution in [-0.4, -0.2) is 60.5 Å². The molecule has 2 heterocycles. The van der Waals surface area contributed by atoms with Gasteiger partial charge >= 0.3 is 0 Å². The van der Waals surface area contributed by atoms with E-state index < -0.39 is 5.60 Å². The average molecular weight is 214 g/mol. The van der Waals surface area contributed by atoms with Crippen molar-refractivity contribution in [1.82, 2.24) is 10.2 Å². The number of hydrogen-bond acceptors (Lipinski definition) is 4. The molecule has 0 aliphatic carbocycles. The van der Waals surface area contributed by atoms with E-state index in [0.29, 0.717) is 6.54 Å². The molecule has 4 nitrogen and oxygen atoms in total. The summed E-state index contributed by atoms with van der Waals surface area (Å²) in [5.74, 6) is 0. The number of hydrogen-bond donors (Lipinski definition) is 3. The summed E-state index contributed by atoms with van der Waals surface area (Å²) in [7, 11) is 2.03. The van der Waals surface area contributed by atoms with Crippen molar-refractivity contribution in [2.24, 2.45) is 5.41 Å². The molecule has 0 aromatic rings. The van der Waals surface area contributed by atoms with Crippen LogP contribution in [0, 0.1) is 5.41 Å². The Morgan fingerprint density at radius 3 is 2.67 bits per heavy atom. The molecule has 3 N–H and O–H groups in total. The van der Waals surface area contributed by atoms with Gasteiger partial charge in [-0.1, -0.05) is 0 Å². The highest BCUT2D eigenvalue weighted by Gasteiger charge is 2.52. The van der Waals surface area contributed by atoms with Gasteiger partial charge < -0.3 is 20.4 Å². The largest absolute Gasteiger partial charge is 0.396 e. The SMILES string of the molecule is CN1CCC(O)(C2(CO)CCCNC2)C1. The van der Waals surface area contributed by atoms with Gasteiger partial charge in [0.05, 0.1) is 12.2 Å². The van der Waals surface area contributed by atoms with Gasteiger partial charge in [-0.2, -0.15) is 0 Å². The molecule has 0 amide bonds. The fraction of sp³-hybridized carbons (Fsp3) is 1.00. The Bertz CT molecular complexity index is 229. The Balaban J connectivity index is 2.17. The summed E-state index contributed by atoms with van der Waals surface area (Å²) in [4.78, 5) is 2.14. The highest BCUT2D eigenvalue weighted by molar-refractivity contribution is 5.06. The Hall–Kier alpha value is -0.160. The zero-order chi connectivity index (χ0) is 10.9. The molecule has 0 saturated carbocycles. The number of rotatable bonds is 2. The number of piperidine rings is 1. The van der Waals surface area contributed by atoms with Gasteiger partial charge in [0.2, 0.25) is 0 Å². The highest BCUT2D eigenvalue weighted by atomic mass is 16.3. The number of nitrogens with zero attached hydrogens (tertiary/aromatic N) is 1. The molecule has 0 aromatic heterocycles. The van der Waals surface area contributed by atoms with E-state index in [1.54, 1.807) is 0 Å². The van der Waals surface area contributed by atoms with Gasteiger partial charge in [0.25, 0.3) is 0 Å². The zero-order valence-corrected chi connectivity index (χ0v) is 9.50. The third kappa shape index (κ3) is 1.80. The van der Waals surface area contributed by atoms with Crippen LogP contribution < -0.4 is 5.32 Å². The molecular formula is C11H22N2O2. The molecule has 2 aliphatic rings. The van der Waals surface area contributed by atoms with E-state index >= 15 is 0 Å². The van der Waals surface area contributed by atoms with Crippen LogP contribution in [0.1, 0.15) is 19.3 Å². The van der Waals surface area contributed by atoms with Gasteiger partial charge in [-0.05, 0) is 32.9 Å². The van der Waals surface area contributed by atoms with E-state index in [9.17, 15) is 10.2 Å².